The van der Waals surface area contributed by atoms with Crippen LogP contribution in [0.25, 0.3) is 0 Å². The quantitative estimate of drug-likeness (QED) is 0.620. The first kappa shape index (κ1) is 18.3. The molecular weight excluding hydrogens is 320 g/mol. The molecule has 2 aromatic rings. The molecule has 0 atom stereocenters. The molecule has 132 valence electrons. The molecule has 6 nitrogen and oxygen atoms in total. The van der Waals surface area contributed by atoms with Gasteiger partial charge in [-0.05, 0) is 49.2 Å². The molecule has 0 aromatic heterocycles. The smallest absolute Gasteiger partial charge is 0.277 e. The van der Waals surface area contributed by atoms with Gasteiger partial charge in [0.2, 0.25) is 0 Å². The van der Waals surface area contributed by atoms with E-state index in [1.54, 1.807) is 32.4 Å². The van der Waals surface area contributed by atoms with Crippen LogP contribution in [0.4, 0.5) is 0 Å². The number of ether oxygens (including phenoxy) is 3. The fourth-order valence-electron chi connectivity index (χ4n) is 2.28. The molecule has 0 aliphatic heterocycles. The Labute approximate surface area is 147 Å². The number of methoxy groups -OCH3 is 2. The second kappa shape index (κ2) is 8.73. The number of hydrogen-bond donors (Lipinski definition) is 1. The van der Waals surface area contributed by atoms with Crippen molar-refractivity contribution >= 4 is 12.1 Å². The van der Waals surface area contributed by atoms with Crippen LogP contribution in [0, 0.1) is 13.8 Å². The minimum absolute atomic E-state index is 0.109. The number of nitrogens with one attached hydrogen (secondary N) is 1. The summed E-state index contributed by atoms with van der Waals surface area (Å²) in [6.07, 6.45) is 1.51. The lowest BCUT2D eigenvalue weighted by Crippen LogP contribution is -2.24. The van der Waals surface area contributed by atoms with E-state index in [-0.39, 0.29) is 12.5 Å². The Morgan fingerprint density at radius 3 is 2.12 bits per heavy atom. The standard InChI is InChI=1S/C19H22N2O4/c1-13-5-14(2)7-18(6-13)25-12-19(22)21-20-11-15-8-16(23-3)10-17(9-15)24-4/h5-11H,12H2,1-4H3,(H,21,22)/b20-11+. The molecule has 1 amide bonds. The number of hydrazone groups is 1. The van der Waals surface area contributed by atoms with Crippen molar-refractivity contribution in [2.75, 3.05) is 20.8 Å². The van der Waals surface area contributed by atoms with E-state index in [2.05, 4.69) is 10.5 Å². The number of rotatable bonds is 7. The third kappa shape index (κ3) is 5.84. The maximum atomic E-state index is 11.8. The first-order chi connectivity index (χ1) is 12.0. The summed E-state index contributed by atoms with van der Waals surface area (Å²) >= 11 is 0. The van der Waals surface area contributed by atoms with Crippen LogP contribution in [0.5, 0.6) is 17.2 Å². The van der Waals surface area contributed by atoms with Gasteiger partial charge >= 0.3 is 0 Å². The van der Waals surface area contributed by atoms with Gasteiger partial charge < -0.3 is 14.2 Å². The van der Waals surface area contributed by atoms with Crippen LogP contribution in [0.2, 0.25) is 0 Å². The second-order valence-corrected chi connectivity index (χ2v) is 5.55. The Kier molecular flexibility index (Phi) is 6.39. The number of benzene rings is 2. The number of amides is 1. The summed E-state index contributed by atoms with van der Waals surface area (Å²) in [5.41, 5.74) is 5.34. The summed E-state index contributed by atoms with van der Waals surface area (Å²) in [6, 6.07) is 11.1. The monoisotopic (exact) mass is 342 g/mol. The molecule has 0 aliphatic carbocycles. The molecule has 0 radical (unpaired) electrons. The normalized spacial score (nSPS) is 10.6. The molecule has 0 heterocycles. The Balaban J connectivity index is 1.90. The van der Waals surface area contributed by atoms with Crippen LogP contribution >= 0.6 is 0 Å². The number of carbonyl (C=O) groups excluding carboxylic acids is 1. The van der Waals surface area contributed by atoms with Gasteiger partial charge in [0.1, 0.15) is 17.2 Å². The summed E-state index contributed by atoms with van der Waals surface area (Å²) in [5, 5.41) is 3.92. The van der Waals surface area contributed by atoms with Gasteiger partial charge in [0.05, 0.1) is 20.4 Å². The molecule has 2 aromatic carbocycles. The van der Waals surface area contributed by atoms with E-state index in [0.29, 0.717) is 17.2 Å². The lowest BCUT2D eigenvalue weighted by Gasteiger charge is -2.07. The summed E-state index contributed by atoms with van der Waals surface area (Å²) in [6.45, 7) is 3.85. The van der Waals surface area contributed by atoms with Gasteiger partial charge in [0.15, 0.2) is 6.61 Å². The van der Waals surface area contributed by atoms with E-state index < -0.39 is 0 Å². The average Bonchev–Trinajstić information content (AvgIpc) is 2.58. The third-order valence-electron chi connectivity index (χ3n) is 3.34. The van der Waals surface area contributed by atoms with Crippen molar-refractivity contribution in [1.82, 2.24) is 5.43 Å². The first-order valence-corrected chi connectivity index (χ1v) is 7.76. The summed E-state index contributed by atoms with van der Waals surface area (Å²) in [7, 11) is 3.14. The third-order valence-corrected chi connectivity index (χ3v) is 3.34. The van der Waals surface area contributed by atoms with Crippen LogP contribution in [0.3, 0.4) is 0 Å². The van der Waals surface area contributed by atoms with Gasteiger partial charge in [-0.15, -0.1) is 0 Å². The van der Waals surface area contributed by atoms with Crippen LogP contribution in [-0.4, -0.2) is 32.9 Å². The molecule has 0 bridgehead atoms. The zero-order valence-electron chi connectivity index (χ0n) is 14.8. The van der Waals surface area contributed by atoms with Crippen LogP contribution in [-0.2, 0) is 4.79 Å². The highest BCUT2D eigenvalue weighted by Crippen LogP contribution is 2.21. The molecule has 6 heteroatoms. The molecule has 0 aliphatic rings. The summed E-state index contributed by atoms with van der Waals surface area (Å²) in [4.78, 5) is 11.8. The minimum Gasteiger partial charge on any atom is -0.497 e. The molecule has 0 fully saturated rings. The van der Waals surface area contributed by atoms with Crippen molar-refractivity contribution in [2.24, 2.45) is 5.10 Å². The molecule has 1 N–H and O–H groups in total. The van der Waals surface area contributed by atoms with Crippen molar-refractivity contribution in [1.29, 1.82) is 0 Å². The summed E-state index contributed by atoms with van der Waals surface area (Å²) < 4.78 is 15.8. The fourth-order valence-corrected chi connectivity index (χ4v) is 2.28. The molecule has 0 spiro atoms. The topological polar surface area (TPSA) is 69.2 Å². The predicted octanol–water partition coefficient (Wildman–Crippen LogP) is 2.85. The van der Waals surface area contributed by atoms with Crippen molar-refractivity contribution in [3.63, 3.8) is 0 Å². The molecule has 2 rings (SSSR count). The van der Waals surface area contributed by atoms with Gasteiger partial charge in [0, 0.05) is 11.6 Å². The number of aryl methyl sites for hydroxylation is 2. The Hall–Kier alpha value is -3.02. The number of carbonyl (C=O) groups is 1. The highest BCUT2D eigenvalue weighted by Gasteiger charge is 2.03. The van der Waals surface area contributed by atoms with Crippen LogP contribution < -0.4 is 19.6 Å². The van der Waals surface area contributed by atoms with Crippen molar-refractivity contribution in [3.8, 4) is 17.2 Å². The number of nitrogens with zero attached hydrogens (tertiary/aromatic N) is 1. The van der Waals surface area contributed by atoms with Gasteiger partial charge in [-0.2, -0.15) is 5.10 Å². The second-order valence-electron chi connectivity index (χ2n) is 5.55. The van der Waals surface area contributed by atoms with Gasteiger partial charge in [-0.3, -0.25) is 4.79 Å². The van der Waals surface area contributed by atoms with Crippen LogP contribution in [0.15, 0.2) is 41.5 Å². The maximum Gasteiger partial charge on any atom is 0.277 e. The molecular formula is C19H22N2O4. The van der Waals surface area contributed by atoms with E-state index in [9.17, 15) is 4.79 Å². The lowest BCUT2D eigenvalue weighted by molar-refractivity contribution is -0.123. The zero-order valence-corrected chi connectivity index (χ0v) is 14.8. The zero-order chi connectivity index (χ0) is 18.2. The van der Waals surface area contributed by atoms with E-state index in [1.807, 2.05) is 32.0 Å². The van der Waals surface area contributed by atoms with E-state index in [0.717, 1.165) is 16.7 Å². The van der Waals surface area contributed by atoms with E-state index in [1.165, 1.54) is 6.21 Å². The molecule has 0 saturated heterocycles. The average molecular weight is 342 g/mol. The Morgan fingerprint density at radius 2 is 1.56 bits per heavy atom. The molecule has 0 unspecified atom stereocenters. The highest BCUT2D eigenvalue weighted by atomic mass is 16.5. The fraction of sp³-hybridized carbons (Fsp3) is 0.263. The first-order valence-electron chi connectivity index (χ1n) is 7.76. The Morgan fingerprint density at radius 1 is 0.960 bits per heavy atom. The van der Waals surface area contributed by atoms with Gasteiger partial charge in [-0.1, -0.05) is 6.07 Å². The predicted molar refractivity (Wildman–Crippen MR) is 96.7 cm³/mol. The maximum absolute atomic E-state index is 11.8. The van der Waals surface area contributed by atoms with Crippen LogP contribution in [0.1, 0.15) is 16.7 Å². The highest BCUT2D eigenvalue weighted by molar-refractivity contribution is 5.83. The van der Waals surface area contributed by atoms with Crippen molar-refractivity contribution < 1.29 is 19.0 Å². The largest absolute Gasteiger partial charge is 0.497 e. The van der Waals surface area contributed by atoms with Crippen molar-refractivity contribution in [3.05, 3.63) is 53.1 Å². The minimum atomic E-state index is -0.342. The Bertz CT molecular complexity index is 730. The lowest BCUT2D eigenvalue weighted by atomic mass is 10.1. The van der Waals surface area contributed by atoms with E-state index >= 15 is 0 Å². The van der Waals surface area contributed by atoms with Gasteiger partial charge in [0.25, 0.3) is 5.91 Å². The van der Waals surface area contributed by atoms with Crippen molar-refractivity contribution in [2.45, 2.75) is 13.8 Å². The summed E-state index contributed by atoms with van der Waals surface area (Å²) in [5.74, 6) is 1.61. The molecule has 25 heavy (non-hydrogen) atoms. The number of hydrogen-bond acceptors (Lipinski definition) is 5. The van der Waals surface area contributed by atoms with Gasteiger partial charge in [-0.25, -0.2) is 5.43 Å². The molecule has 0 saturated carbocycles. The SMILES string of the molecule is COc1cc(/C=N/NC(=O)COc2cc(C)cc(C)c2)cc(OC)c1. The van der Waals surface area contributed by atoms with E-state index in [4.69, 9.17) is 14.2 Å².